The molecule has 0 aliphatic carbocycles. The maximum Gasteiger partial charge on any atom is 0.416 e. The molecule has 0 heterocycles. The number of nitrogens with one attached hydrogen (secondary N) is 2. The van der Waals surface area contributed by atoms with Gasteiger partial charge in [0.15, 0.2) is 11.5 Å². The van der Waals surface area contributed by atoms with E-state index in [0.717, 1.165) is 24.3 Å². The Hall–Kier alpha value is -3.80. The van der Waals surface area contributed by atoms with Crippen LogP contribution in [0.3, 0.4) is 0 Å². The summed E-state index contributed by atoms with van der Waals surface area (Å²) in [5.74, 6) is -1.66. The Labute approximate surface area is 219 Å². The number of alkyl halides is 7. The summed E-state index contributed by atoms with van der Waals surface area (Å²) in [7, 11) is 1.43. The molecule has 2 atom stereocenters. The predicted octanol–water partition coefficient (Wildman–Crippen LogP) is 6.66. The van der Waals surface area contributed by atoms with Gasteiger partial charge >= 0.3 is 19.4 Å². The van der Waals surface area contributed by atoms with Crippen molar-refractivity contribution in [2.24, 2.45) is 0 Å². The van der Waals surface area contributed by atoms with Crippen molar-refractivity contribution in [1.29, 1.82) is 0 Å². The molecule has 0 aliphatic heterocycles. The van der Waals surface area contributed by atoms with Gasteiger partial charge in [-0.2, -0.15) is 30.7 Å². The lowest BCUT2D eigenvalue weighted by molar-refractivity contribution is -0.137. The van der Waals surface area contributed by atoms with Gasteiger partial charge < -0.3 is 14.8 Å². The molecule has 1 amide bonds. The van der Waals surface area contributed by atoms with Crippen molar-refractivity contribution in [3.63, 3.8) is 0 Å². The van der Waals surface area contributed by atoms with Crippen LogP contribution >= 0.6 is 0 Å². The van der Waals surface area contributed by atoms with Crippen LogP contribution in [0.5, 0.6) is 11.5 Å². The summed E-state index contributed by atoms with van der Waals surface area (Å²) in [4.78, 5) is 12.8. The number of benzene rings is 3. The molecule has 12 heteroatoms. The van der Waals surface area contributed by atoms with Crippen molar-refractivity contribution >= 4 is 5.91 Å². The summed E-state index contributed by atoms with van der Waals surface area (Å²) in [5, 5.41) is 5.71. The highest BCUT2D eigenvalue weighted by atomic mass is 19.4. The van der Waals surface area contributed by atoms with Crippen LogP contribution in [0.15, 0.2) is 72.8 Å². The number of amides is 1. The lowest BCUT2D eigenvalue weighted by Crippen LogP contribution is -2.38. The Balaban J connectivity index is 1.97. The molecular weight excluding hydrogens is 533 g/mol. The Morgan fingerprint density at radius 3 is 2.00 bits per heavy atom. The lowest BCUT2D eigenvalue weighted by Gasteiger charge is -2.26. The Bertz CT molecular complexity index is 1210. The van der Waals surface area contributed by atoms with Crippen LogP contribution in [0.1, 0.15) is 40.8 Å². The van der Waals surface area contributed by atoms with Crippen molar-refractivity contribution in [1.82, 2.24) is 10.6 Å². The Morgan fingerprint density at radius 2 is 1.44 bits per heavy atom. The number of carbonyl (C=O) groups is 1. The molecular formula is C27H25F7N2O3. The summed E-state index contributed by atoms with van der Waals surface area (Å²) in [5.41, 5.74) is 0.614. The minimum absolute atomic E-state index is 0.189. The number of halogens is 7. The predicted molar refractivity (Wildman–Crippen MR) is 129 cm³/mol. The molecule has 3 aromatic carbocycles. The summed E-state index contributed by atoms with van der Waals surface area (Å²) >= 11 is 0. The van der Waals surface area contributed by atoms with Crippen LogP contribution in [0, 0.1) is 0 Å². The minimum Gasteiger partial charge on any atom is -0.431 e. The molecule has 0 aliphatic rings. The number of carbonyl (C=O) groups excluding carboxylic acids is 1. The second-order valence-electron chi connectivity index (χ2n) is 8.37. The van der Waals surface area contributed by atoms with Gasteiger partial charge in [0.2, 0.25) is 5.91 Å². The quantitative estimate of drug-likeness (QED) is 0.244. The number of hydrogen-bond acceptors (Lipinski definition) is 4. The standard InChI is InChI=1S/C27H25F7N2O3/c1-35-24(37)23(17-5-3-2-4-6-17)36-20(13-9-16-7-11-19(12-8-16)27(32,33)34)18-10-14-21(38-25(28)29)22(15-18)39-26(30)31/h2-8,10-12,14-15,20,23,25-26,36H,9,13H2,1H3,(H,35,37)/t20-,23-/m1/s1. The van der Waals surface area contributed by atoms with Gasteiger partial charge in [-0.1, -0.05) is 48.5 Å². The first-order valence-corrected chi connectivity index (χ1v) is 11.7. The van der Waals surface area contributed by atoms with E-state index >= 15 is 0 Å². The summed E-state index contributed by atoms with van der Waals surface area (Å²) in [6.07, 6.45) is -4.08. The van der Waals surface area contributed by atoms with Crippen molar-refractivity contribution in [2.45, 2.75) is 44.3 Å². The third kappa shape index (κ3) is 8.60. The molecule has 0 radical (unpaired) electrons. The van der Waals surface area contributed by atoms with E-state index in [1.165, 1.54) is 25.2 Å². The van der Waals surface area contributed by atoms with Gasteiger partial charge in [-0.05, 0) is 53.8 Å². The normalized spacial score (nSPS) is 13.3. The molecule has 210 valence electrons. The third-order valence-corrected chi connectivity index (χ3v) is 5.81. The van der Waals surface area contributed by atoms with Crippen molar-refractivity contribution in [3.05, 3.63) is 95.1 Å². The highest BCUT2D eigenvalue weighted by Crippen LogP contribution is 2.35. The summed E-state index contributed by atoms with van der Waals surface area (Å²) in [6.45, 7) is -6.62. The van der Waals surface area contributed by atoms with Gasteiger partial charge in [0.05, 0.1) is 5.56 Å². The maximum absolute atomic E-state index is 13.0. The molecule has 39 heavy (non-hydrogen) atoms. The maximum atomic E-state index is 13.0. The molecule has 3 rings (SSSR count). The van der Waals surface area contributed by atoms with Crippen molar-refractivity contribution in [3.8, 4) is 11.5 Å². The van der Waals surface area contributed by atoms with Gasteiger partial charge in [0.1, 0.15) is 6.04 Å². The monoisotopic (exact) mass is 558 g/mol. The van der Waals surface area contributed by atoms with E-state index in [1.54, 1.807) is 30.3 Å². The van der Waals surface area contributed by atoms with E-state index in [9.17, 15) is 35.5 Å². The zero-order valence-corrected chi connectivity index (χ0v) is 20.5. The van der Waals surface area contributed by atoms with Crippen LogP contribution < -0.4 is 20.1 Å². The second-order valence-corrected chi connectivity index (χ2v) is 8.37. The largest absolute Gasteiger partial charge is 0.431 e. The van der Waals surface area contributed by atoms with E-state index in [4.69, 9.17) is 0 Å². The second kappa shape index (κ2) is 13.3. The van der Waals surface area contributed by atoms with E-state index in [-0.39, 0.29) is 12.8 Å². The number of likely N-dealkylation sites (N-methyl/N-ethyl adjacent to an activating group) is 1. The first-order valence-electron chi connectivity index (χ1n) is 11.7. The highest BCUT2D eigenvalue weighted by molar-refractivity contribution is 5.83. The fourth-order valence-electron chi connectivity index (χ4n) is 3.95. The molecule has 0 unspecified atom stereocenters. The van der Waals surface area contributed by atoms with Crippen molar-refractivity contribution < 1.29 is 45.0 Å². The molecule has 0 saturated heterocycles. The van der Waals surface area contributed by atoms with Crippen LogP contribution in [0.2, 0.25) is 0 Å². The first-order chi connectivity index (χ1) is 18.5. The summed E-state index contributed by atoms with van der Waals surface area (Å²) in [6, 6.07) is 14.9. The topological polar surface area (TPSA) is 59.6 Å². The van der Waals surface area contributed by atoms with Crippen molar-refractivity contribution in [2.75, 3.05) is 7.05 Å². The zero-order valence-electron chi connectivity index (χ0n) is 20.5. The number of hydrogen-bond donors (Lipinski definition) is 2. The minimum atomic E-state index is -4.50. The number of ether oxygens (including phenoxy) is 2. The fraction of sp³-hybridized carbons (Fsp3) is 0.296. The van der Waals surface area contributed by atoms with Crippen LogP contribution in [0.25, 0.3) is 0 Å². The van der Waals surface area contributed by atoms with Crippen LogP contribution in [-0.2, 0) is 17.4 Å². The number of rotatable bonds is 12. The molecule has 3 aromatic rings. The molecule has 0 aromatic heterocycles. The Kier molecular flexibility index (Phi) is 10.2. The van der Waals surface area contributed by atoms with Gasteiger partial charge in [-0.25, -0.2) is 0 Å². The average Bonchev–Trinajstić information content (AvgIpc) is 2.89. The van der Waals surface area contributed by atoms with Gasteiger partial charge in [-0.15, -0.1) is 0 Å². The summed E-state index contributed by atoms with van der Waals surface area (Å²) < 4.78 is 99.2. The highest BCUT2D eigenvalue weighted by Gasteiger charge is 2.30. The van der Waals surface area contributed by atoms with Crippen LogP contribution in [0.4, 0.5) is 30.7 Å². The lowest BCUT2D eigenvalue weighted by atomic mass is 9.95. The molecule has 0 fully saturated rings. The van der Waals surface area contributed by atoms with E-state index in [1.807, 2.05) is 0 Å². The zero-order chi connectivity index (χ0) is 28.6. The molecule has 0 saturated carbocycles. The van der Waals surface area contributed by atoms with E-state index < -0.39 is 54.5 Å². The van der Waals surface area contributed by atoms with Gasteiger partial charge in [-0.3, -0.25) is 10.1 Å². The fourth-order valence-corrected chi connectivity index (χ4v) is 3.95. The molecule has 2 N–H and O–H groups in total. The third-order valence-electron chi connectivity index (χ3n) is 5.81. The van der Waals surface area contributed by atoms with E-state index in [2.05, 4.69) is 20.1 Å². The van der Waals surface area contributed by atoms with Gasteiger partial charge in [0.25, 0.3) is 0 Å². The first kappa shape index (κ1) is 29.8. The van der Waals surface area contributed by atoms with Gasteiger partial charge in [0, 0.05) is 13.1 Å². The van der Waals surface area contributed by atoms with E-state index in [0.29, 0.717) is 16.7 Å². The average molecular weight is 558 g/mol. The molecule has 0 bridgehead atoms. The number of aryl methyl sites for hydroxylation is 1. The Morgan fingerprint density at radius 1 is 0.821 bits per heavy atom. The van der Waals surface area contributed by atoms with Crippen LogP contribution in [-0.4, -0.2) is 26.2 Å². The molecule has 0 spiro atoms. The SMILES string of the molecule is CNC(=O)[C@H](N[C@H](CCc1ccc(C(F)(F)F)cc1)c1ccc(OC(F)F)c(OC(F)F)c1)c1ccccc1. The molecule has 5 nitrogen and oxygen atoms in total. The smallest absolute Gasteiger partial charge is 0.416 e.